The van der Waals surface area contributed by atoms with Crippen LogP contribution in [0.5, 0.6) is 17.2 Å². The van der Waals surface area contributed by atoms with Crippen molar-refractivity contribution in [2.45, 2.75) is 26.2 Å². The van der Waals surface area contributed by atoms with Crippen molar-refractivity contribution < 1.29 is 14.2 Å². The summed E-state index contributed by atoms with van der Waals surface area (Å²) in [5, 5.41) is 0. The highest BCUT2D eigenvalue weighted by atomic mass is 16.5. The van der Waals surface area contributed by atoms with Crippen LogP contribution in [0, 0.1) is 11.8 Å². The Morgan fingerprint density at radius 2 is 1.65 bits per heavy atom. The molecule has 1 aromatic carbocycles. The van der Waals surface area contributed by atoms with Gasteiger partial charge in [0.05, 0.1) is 32.6 Å². The van der Waals surface area contributed by atoms with E-state index in [9.17, 15) is 0 Å². The highest BCUT2D eigenvalue weighted by molar-refractivity contribution is 5.58. The Labute approximate surface area is 153 Å². The third-order valence-corrected chi connectivity index (χ3v) is 3.96. The van der Waals surface area contributed by atoms with Crippen LogP contribution in [-0.4, -0.2) is 31.3 Å². The van der Waals surface area contributed by atoms with Crippen LogP contribution < -0.4 is 25.7 Å². The SMILES string of the molecule is CCc1nc(N)nc(N)c1C#C[C@@H](C)c1cc(OC)c(OC)c(OC)c1. The van der Waals surface area contributed by atoms with Gasteiger partial charge in [-0.2, -0.15) is 4.98 Å². The number of rotatable bonds is 5. The van der Waals surface area contributed by atoms with Gasteiger partial charge in [-0.1, -0.05) is 18.8 Å². The van der Waals surface area contributed by atoms with Crippen molar-refractivity contribution >= 4 is 11.8 Å². The molecule has 0 aliphatic carbocycles. The summed E-state index contributed by atoms with van der Waals surface area (Å²) in [6.45, 7) is 3.95. The number of hydrogen-bond donors (Lipinski definition) is 2. The molecule has 0 fully saturated rings. The highest BCUT2D eigenvalue weighted by Crippen LogP contribution is 2.39. The van der Waals surface area contributed by atoms with Gasteiger partial charge in [0.2, 0.25) is 11.7 Å². The molecule has 4 N–H and O–H groups in total. The van der Waals surface area contributed by atoms with Gasteiger partial charge < -0.3 is 25.7 Å². The number of hydrogen-bond acceptors (Lipinski definition) is 7. The van der Waals surface area contributed by atoms with E-state index in [0.29, 0.717) is 35.1 Å². The molecule has 1 heterocycles. The molecule has 0 saturated carbocycles. The topological polar surface area (TPSA) is 106 Å². The minimum absolute atomic E-state index is 0.106. The van der Waals surface area contributed by atoms with Gasteiger partial charge in [-0.15, -0.1) is 0 Å². The Hall–Kier alpha value is -3.14. The molecule has 138 valence electrons. The number of benzene rings is 1. The van der Waals surface area contributed by atoms with Gasteiger partial charge in [0, 0.05) is 5.92 Å². The molecular formula is C19H24N4O3. The molecule has 0 aliphatic rings. The van der Waals surface area contributed by atoms with Gasteiger partial charge in [0.25, 0.3) is 0 Å². The predicted molar refractivity (Wildman–Crippen MR) is 102 cm³/mol. The molecular weight excluding hydrogens is 332 g/mol. The average Bonchev–Trinajstić information content (AvgIpc) is 2.64. The second-order valence-electron chi connectivity index (χ2n) is 5.59. The molecule has 0 unspecified atom stereocenters. The van der Waals surface area contributed by atoms with E-state index in [0.717, 1.165) is 11.3 Å². The fourth-order valence-electron chi connectivity index (χ4n) is 2.55. The zero-order valence-corrected chi connectivity index (χ0v) is 15.7. The first-order valence-corrected chi connectivity index (χ1v) is 8.18. The van der Waals surface area contributed by atoms with Gasteiger partial charge in [0.1, 0.15) is 5.82 Å². The molecule has 0 aliphatic heterocycles. The summed E-state index contributed by atoms with van der Waals surface area (Å²) in [6.07, 6.45) is 0.666. The standard InChI is InChI=1S/C19H24N4O3/c1-6-14-13(18(20)23-19(21)22-14)8-7-11(2)12-9-15(24-3)17(26-5)16(10-12)25-4/h9-11H,6H2,1-5H3,(H4,20,21,22,23)/t11-/m1/s1. The normalized spacial score (nSPS) is 11.3. The smallest absolute Gasteiger partial charge is 0.222 e. The lowest BCUT2D eigenvalue weighted by Crippen LogP contribution is -2.07. The molecule has 2 aromatic rings. The Balaban J connectivity index is 2.44. The van der Waals surface area contributed by atoms with E-state index in [-0.39, 0.29) is 11.9 Å². The number of aromatic nitrogens is 2. The summed E-state index contributed by atoms with van der Waals surface area (Å²) in [6, 6.07) is 3.76. The van der Waals surface area contributed by atoms with Crippen LogP contribution in [-0.2, 0) is 6.42 Å². The van der Waals surface area contributed by atoms with Crippen LogP contribution >= 0.6 is 0 Å². The first-order valence-electron chi connectivity index (χ1n) is 8.18. The largest absolute Gasteiger partial charge is 0.493 e. The van der Waals surface area contributed by atoms with Gasteiger partial charge in [0.15, 0.2) is 11.5 Å². The number of aryl methyl sites for hydroxylation is 1. The van der Waals surface area contributed by atoms with Gasteiger partial charge in [-0.05, 0) is 31.0 Å². The minimum Gasteiger partial charge on any atom is -0.493 e. The summed E-state index contributed by atoms with van der Waals surface area (Å²) in [4.78, 5) is 8.20. The molecule has 7 nitrogen and oxygen atoms in total. The Kier molecular flexibility index (Phi) is 6.12. The summed E-state index contributed by atoms with van der Waals surface area (Å²) in [5.74, 6) is 8.33. The van der Waals surface area contributed by atoms with Crippen molar-refractivity contribution in [1.82, 2.24) is 9.97 Å². The molecule has 1 aromatic heterocycles. The predicted octanol–water partition coefficient (Wildman–Crippen LogP) is 2.38. The number of ether oxygens (including phenoxy) is 3. The second-order valence-corrected chi connectivity index (χ2v) is 5.59. The molecule has 0 saturated heterocycles. The van der Waals surface area contributed by atoms with E-state index in [1.54, 1.807) is 21.3 Å². The molecule has 7 heteroatoms. The van der Waals surface area contributed by atoms with Gasteiger partial charge in [-0.25, -0.2) is 4.98 Å². The van der Waals surface area contributed by atoms with Crippen LogP contribution in [0.3, 0.4) is 0 Å². The first kappa shape index (κ1) is 19.2. The van der Waals surface area contributed by atoms with E-state index in [1.165, 1.54) is 0 Å². The van der Waals surface area contributed by atoms with Crippen LogP contribution in [0.2, 0.25) is 0 Å². The third-order valence-electron chi connectivity index (χ3n) is 3.96. The van der Waals surface area contributed by atoms with Gasteiger partial charge >= 0.3 is 0 Å². The van der Waals surface area contributed by atoms with Crippen LogP contribution in [0.15, 0.2) is 12.1 Å². The maximum Gasteiger partial charge on any atom is 0.222 e. The fraction of sp³-hybridized carbons (Fsp3) is 0.368. The Morgan fingerprint density at radius 1 is 1.04 bits per heavy atom. The van der Waals surface area contributed by atoms with E-state index >= 15 is 0 Å². The van der Waals surface area contributed by atoms with E-state index < -0.39 is 0 Å². The minimum atomic E-state index is -0.106. The van der Waals surface area contributed by atoms with Gasteiger partial charge in [-0.3, -0.25) is 0 Å². The first-order chi connectivity index (χ1) is 12.4. The summed E-state index contributed by atoms with van der Waals surface area (Å²) in [7, 11) is 4.73. The quantitative estimate of drug-likeness (QED) is 0.792. The molecule has 2 rings (SSSR count). The summed E-state index contributed by atoms with van der Waals surface area (Å²) in [5.41, 5.74) is 13.9. The maximum atomic E-state index is 5.96. The lowest BCUT2D eigenvalue weighted by Gasteiger charge is -2.15. The molecule has 0 bridgehead atoms. The Morgan fingerprint density at radius 3 is 2.15 bits per heavy atom. The van der Waals surface area contributed by atoms with E-state index in [1.807, 2.05) is 26.0 Å². The number of methoxy groups -OCH3 is 3. The molecule has 0 radical (unpaired) electrons. The highest BCUT2D eigenvalue weighted by Gasteiger charge is 2.16. The number of nitrogen functional groups attached to an aromatic ring is 2. The summed E-state index contributed by atoms with van der Waals surface area (Å²) < 4.78 is 16.1. The molecule has 0 spiro atoms. The zero-order valence-electron chi connectivity index (χ0n) is 15.7. The van der Waals surface area contributed by atoms with Crippen molar-refractivity contribution in [2.75, 3.05) is 32.8 Å². The number of nitrogens with two attached hydrogens (primary N) is 2. The lowest BCUT2D eigenvalue weighted by atomic mass is 10.00. The average molecular weight is 356 g/mol. The summed E-state index contributed by atoms with van der Waals surface area (Å²) >= 11 is 0. The molecule has 0 amide bonds. The van der Waals surface area contributed by atoms with Crippen molar-refractivity contribution in [3.8, 4) is 29.1 Å². The van der Waals surface area contributed by atoms with Crippen LogP contribution in [0.4, 0.5) is 11.8 Å². The number of nitrogens with zero attached hydrogens (tertiary/aromatic N) is 2. The second kappa shape index (κ2) is 8.30. The Bertz CT molecular complexity index is 831. The third kappa shape index (κ3) is 3.91. The maximum absolute atomic E-state index is 5.96. The van der Waals surface area contributed by atoms with Crippen LogP contribution in [0.1, 0.15) is 36.6 Å². The van der Waals surface area contributed by atoms with E-state index in [4.69, 9.17) is 25.7 Å². The monoisotopic (exact) mass is 356 g/mol. The van der Waals surface area contributed by atoms with Crippen molar-refractivity contribution in [2.24, 2.45) is 0 Å². The molecule has 1 atom stereocenters. The zero-order chi connectivity index (χ0) is 19.3. The van der Waals surface area contributed by atoms with Crippen molar-refractivity contribution in [3.63, 3.8) is 0 Å². The number of anilines is 2. The lowest BCUT2D eigenvalue weighted by molar-refractivity contribution is 0.323. The van der Waals surface area contributed by atoms with E-state index in [2.05, 4.69) is 21.8 Å². The van der Waals surface area contributed by atoms with Crippen LogP contribution in [0.25, 0.3) is 0 Å². The molecule has 26 heavy (non-hydrogen) atoms. The van der Waals surface area contributed by atoms with Crippen molar-refractivity contribution in [1.29, 1.82) is 0 Å². The van der Waals surface area contributed by atoms with Crippen molar-refractivity contribution in [3.05, 3.63) is 29.0 Å². The fourth-order valence-corrected chi connectivity index (χ4v) is 2.55.